The second-order valence-electron chi connectivity index (χ2n) is 9.77. The number of carbonyl (C=O) groups excluding carboxylic acids is 2. The third-order valence-electron chi connectivity index (χ3n) is 6.32. The second-order valence-corrected chi connectivity index (χ2v) is 10.6. The Balaban J connectivity index is 1.64. The molecule has 5 nitrogen and oxygen atoms in total. The average Bonchev–Trinajstić information content (AvgIpc) is 2.90. The summed E-state index contributed by atoms with van der Waals surface area (Å²) in [6.45, 7) is 5.97. The van der Waals surface area contributed by atoms with Crippen LogP contribution in [0.3, 0.4) is 0 Å². The van der Waals surface area contributed by atoms with Crippen LogP contribution in [0.15, 0.2) is 95.5 Å². The van der Waals surface area contributed by atoms with Crippen LogP contribution >= 0.6 is 15.9 Å². The van der Waals surface area contributed by atoms with Crippen molar-refractivity contribution in [2.24, 2.45) is 0 Å². The maximum Gasteiger partial charge on any atom is 0.261 e. The van der Waals surface area contributed by atoms with E-state index in [1.807, 2.05) is 112 Å². The summed E-state index contributed by atoms with van der Waals surface area (Å²) in [5, 5.41) is 5.10. The molecule has 0 bridgehead atoms. The third-order valence-corrected chi connectivity index (χ3v) is 7.13. The molecule has 0 aromatic heterocycles. The number of hydrogen-bond donors (Lipinski definition) is 1. The molecule has 6 heteroatoms. The number of halogens is 1. The maximum atomic E-state index is 13.8. The molecule has 0 aliphatic carbocycles. The Morgan fingerprint density at radius 3 is 2.34 bits per heavy atom. The molecule has 38 heavy (non-hydrogen) atoms. The van der Waals surface area contributed by atoms with Gasteiger partial charge in [0.1, 0.15) is 11.8 Å². The van der Waals surface area contributed by atoms with Crippen molar-refractivity contribution in [1.82, 2.24) is 10.2 Å². The van der Waals surface area contributed by atoms with Crippen LogP contribution in [0.2, 0.25) is 0 Å². The van der Waals surface area contributed by atoms with Gasteiger partial charge in [-0.3, -0.25) is 9.59 Å². The lowest BCUT2D eigenvalue weighted by molar-refractivity contribution is -0.143. The van der Waals surface area contributed by atoms with Crippen molar-refractivity contribution in [3.63, 3.8) is 0 Å². The quantitative estimate of drug-likeness (QED) is 0.237. The molecule has 0 unspecified atom stereocenters. The van der Waals surface area contributed by atoms with E-state index in [-0.39, 0.29) is 24.5 Å². The zero-order chi connectivity index (χ0) is 27.1. The van der Waals surface area contributed by atoms with Gasteiger partial charge in [-0.1, -0.05) is 90.5 Å². The molecule has 4 rings (SSSR count). The predicted molar refractivity (Wildman–Crippen MR) is 156 cm³/mol. The van der Waals surface area contributed by atoms with Gasteiger partial charge in [-0.25, -0.2) is 0 Å². The van der Waals surface area contributed by atoms with Crippen molar-refractivity contribution in [2.75, 3.05) is 6.61 Å². The van der Waals surface area contributed by atoms with Crippen LogP contribution in [0, 0.1) is 6.92 Å². The van der Waals surface area contributed by atoms with E-state index >= 15 is 0 Å². The van der Waals surface area contributed by atoms with E-state index in [2.05, 4.69) is 21.2 Å². The number of nitrogens with one attached hydrogen (secondary N) is 1. The molecule has 0 aliphatic heterocycles. The van der Waals surface area contributed by atoms with Crippen LogP contribution in [-0.4, -0.2) is 35.4 Å². The van der Waals surface area contributed by atoms with Crippen LogP contribution in [0.1, 0.15) is 30.5 Å². The molecule has 2 amide bonds. The molecule has 0 radical (unpaired) electrons. The molecule has 1 N–H and O–H groups in total. The highest BCUT2D eigenvalue weighted by molar-refractivity contribution is 9.10. The molecule has 0 heterocycles. The summed E-state index contributed by atoms with van der Waals surface area (Å²) < 4.78 is 6.84. The van der Waals surface area contributed by atoms with Gasteiger partial charge in [0.05, 0.1) is 4.47 Å². The smallest absolute Gasteiger partial charge is 0.261 e. The van der Waals surface area contributed by atoms with Gasteiger partial charge < -0.3 is 15.0 Å². The second kappa shape index (κ2) is 12.7. The van der Waals surface area contributed by atoms with Crippen molar-refractivity contribution < 1.29 is 14.3 Å². The molecule has 0 spiro atoms. The normalized spacial score (nSPS) is 11.8. The highest BCUT2D eigenvalue weighted by Crippen LogP contribution is 2.33. The summed E-state index contributed by atoms with van der Waals surface area (Å²) in [4.78, 5) is 28.9. The van der Waals surface area contributed by atoms with E-state index in [0.29, 0.717) is 18.7 Å². The Labute approximate surface area is 232 Å². The summed E-state index contributed by atoms with van der Waals surface area (Å²) in [6.07, 6.45) is 0.399. The number of ether oxygens (including phenoxy) is 1. The third kappa shape index (κ3) is 7.01. The monoisotopic (exact) mass is 572 g/mol. The minimum Gasteiger partial charge on any atom is -0.483 e. The molecule has 0 saturated carbocycles. The summed E-state index contributed by atoms with van der Waals surface area (Å²) in [5.41, 5.74) is 3.04. The molecular weight excluding hydrogens is 540 g/mol. The van der Waals surface area contributed by atoms with Gasteiger partial charge in [-0.15, -0.1) is 0 Å². The molecule has 4 aromatic carbocycles. The zero-order valence-corrected chi connectivity index (χ0v) is 23.6. The first-order valence-electron chi connectivity index (χ1n) is 12.8. The van der Waals surface area contributed by atoms with E-state index in [1.54, 1.807) is 4.90 Å². The fraction of sp³-hybridized carbons (Fsp3) is 0.250. The minimum absolute atomic E-state index is 0.0542. The van der Waals surface area contributed by atoms with Crippen LogP contribution in [0.4, 0.5) is 0 Å². The first-order chi connectivity index (χ1) is 18.3. The molecule has 4 aromatic rings. The molecule has 1 atom stereocenters. The SMILES string of the molecule is Cc1cccc(CN(C(=O)COc2ccc3ccccc3c2Br)[C@H](Cc2ccccc2)C(=O)NC(C)C)c1. The fourth-order valence-electron chi connectivity index (χ4n) is 4.49. The van der Waals surface area contributed by atoms with Crippen LogP contribution in [-0.2, 0) is 22.6 Å². The van der Waals surface area contributed by atoms with E-state index in [9.17, 15) is 9.59 Å². The largest absolute Gasteiger partial charge is 0.483 e. The Bertz CT molecular complexity index is 1400. The van der Waals surface area contributed by atoms with Crippen molar-refractivity contribution in [3.8, 4) is 5.75 Å². The summed E-state index contributed by atoms with van der Waals surface area (Å²) >= 11 is 3.64. The highest BCUT2D eigenvalue weighted by Gasteiger charge is 2.31. The van der Waals surface area contributed by atoms with Crippen molar-refractivity contribution in [1.29, 1.82) is 0 Å². The van der Waals surface area contributed by atoms with Crippen LogP contribution in [0.25, 0.3) is 10.8 Å². The van der Waals surface area contributed by atoms with Crippen molar-refractivity contribution in [2.45, 2.75) is 45.8 Å². The lowest BCUT2D eigenvalue weighted by atomic mass is 10.0. The van der Waals surface area contributed by atoms with Crippen LogP contribution < -0.4 is 10.1 Å². The van der Waals surface area contributed by atoms with Crippen molar-refractivity contribution >= 4 is 38.5 Å². The minimum atomic E-state index is -0.698. The van der Waals surface area contributed by atoms with Gasteiger partial charge in [0, 0.05) is 19.0 Å². The fourth-order valence-corrected chi connectivity index (χ4v) is 5.10. The van der Waals surface area contributed by atoms with Gasteiger partial charge in [-0.05, 0) is 64.7 Å². The topological polar surface area (TPSA) is 58.6 Å². The van der Waals surface area contributed by atoms with Gasteiger partial charge in [-0.2, -0.15) is 0 Å². The van der Waals surface area contributed by atoms with E-state index in [0.717, 1.165) is 31.9 Å². The number of rotatable bonds is 10. The number of hydrogen-bond acceptors (Lipinski definition) is 3. The van der Waals surface area contributed by atoms with Crippen molar-refractivity contribution in [3.05, 3.63) is 112 Å². The maximum absolute atomic E-state index is 13.8. The average molecular weight is 574 g/mol. The first-order valence-corrected chi connectivity index (χ1v) is 13.6. The summed E-state index contributed by atoms with van der Waals surface area (Å²) in [7, 11) is 0. The van der Waals surface area contributed by atoms with E-state index in [1.165, 1.54) is 0 Å². The van der Waals surface area contributed by atoms with Crippen LogP contribution in [0.5, 0.6) is 5.75 Å². The molecular formula is C32H33BrN2O3. The van der Waals surface area contributed by atoms with E-state index in [4.69, 9.17) is 4.74 Å². The lowest BCUT2D eigenvalue weighted by Gasteiger charge is -2.32. The molecule has 0 aliphatic rings. The Hall–Kier alpha value is -3.64. The summed E-state index contributed by atoms with van der Waals surface area (Å²) in [5.74, 6) is 0.141. The predicted octanol–water partition coefficient (Wildman–Crippen LogP) is 6.45. The summed E-state index contributed by atoms with van der Waals surface area (Å²) in [6, 6.07) is 28.9. The Morgan fingerprint density at radius 1 is 0.895 bits per heavy atom. The first kappa shape index (κ1) is 27.4. The molecule has 0 fully saturated rings. The molecule has 0 saturated heterocycles. The van der Waals surface area contributed by atoms with Gasteiger partial charge in [0.2, 0.25) is 5.91 Å². The molecule has 196 valence electrons. The number of amides is 2. The van der Waals surface area contributed by atoms with E-state index < -0.39 is 6.04 Å². The number of benzene rings is 4. The number of nitrogens with zero attached hydrogens (tertiary/aromatic N) is 1. The van der Waals surface area contributed by atoms with Gasteiger partial charge in [0.15, 0.2) is 6.61 Å². The number of aryl methyl sites for hydroxylation is 1. The zero-order valence-electron chi connectivity index (χ0n) is 22.0. The Kier molecular flexibility index (Phi) is 9.19. The number of carbonyl (C=O) groups is 2. The highest BCUT2D eigenvalue weighted by atomic mass is 79.9. The van der Waals surface area contributed by atoms with Gasteiger partial charge in [0.25, 0.3) is 5.91 Å². The standard InChI is InChI=1S/C32H33BrN2O3/c1-22(2)34-32(37)28(19-24-11-5-4-6-12-24)35(20-25-13-9-10-23(3)18-25)30(36)21-38-29-17-16-26-14-7-8-15-27(26)31(29)33/h4-18,22,28H,19-21H2,1-3H3,(H,34,37)/t28-/m1/s1. The Morgan fingerprint density at radius 2 is 1.61 bits per heavy atom. The van der Waals surface area contributed by atoms with Gasteiger partial charge >= 0.3 is 0 Å². The lowest BCUT2D eigenvalue weighted by Crippen LogP contribution is -2.52. The number of fused-ring (bicyclic) bond motifs is 1.